The fourth-order valence-corrected chi connectivity index (χ4v) is 0.237. The number of carbonyl (C=O) groups excluding carboxylic acids is 1. The van der Waals surface area contributed by atoms with Crippen molar-refractivity contribution in [2.75, 3.05) is 0 Å². The molecule has 0 atom stereocenters. The Balaban J connectivity index is 3.55. The lowest BCUT2D eigenvalue weighted by Crippen LogP contribution is -1.75. The first-order valence-electron chi connectivity index (χ1n) is 2.21. The van der Waals surface area contributed by atoms with Crippen LogP contribution in [0.15, 0.2) is 30.5 Å². The maximum atomic E-state index is 9.72. The average molecular weight is 107 g/mol. The molecule has 1 nitrogen and oxygen atoms in total. The van der Waals surface area contributed by atoms with E-state index >= 15 is 0 Å². The van der Waals surface area contributed by atoms with Crippen molar-refractivity contribution in [2.45, 2.75) is 6.42 Å². The summed E-state index contributed by atoms with van der Waals surface area (Å²) < 4.78 is 0. The van der Waals surface area contributed by atoms with Crippen molar-refractivity contribution in [3.8, 4) is 0 Å². The highest BCUT2D eigenvalue weighted by Crippen LogP contribution is 1.91. The van der Waals surface area contributed by atoms with Gasteiger partial charge in [-0.2, -0.15) is 0 Å². The molecule has 0 amide bonds. The Bertz CT molecular complexity index is 138. The van der Waals surface area contributed by atoms with Crippen molar-refractivity contribution in [2.24, 2.45) is 0 Å². The van der Waals surface area contributed by atoms with Gasteiger partial charge in [-0.15, -0.1) is 5.73 Å². The minimum absolute atomic E-state index is 0.432. The molecule has 8 heavy (non-hydrogen) atoms. The molecule has 0 unspecified atom stereocenters. The van der Waals surface area contributed by atoms with Crippen molar-refractivity contribution >= 4 is 6.29 Å². The molecule has 0 aromatic carbocycles. The zero-order valence-electron chi connectivity index (χ0n) is 4.61. The summed E-state index contributed by atoms with van der Waals surface area (Å²) in [6.45, 7) is 6.70. The lowest BCUT2D eigenvalue weighted by Gasteiger charge is -1.80. The minimum atomic E-state index is 0.432. The van der Waals surface area contributed by atoms with Crippen LogP contribution in [-0.4, -0.2) is 6.29 Å². The molecule has 0 saturated carbocycles. The molecule has 0 N–H and O–H groups in total. The van der Waals surface area contributed by atoms with Crippen LogP contribution in [0.1, 0.15) is 6.42 Å². The maximum Gasteiger partial charge on any atom is 0.228 e. The van der Waals surface area contributed by atoms with Gasteiger partial charge in [0.2, 0.25) is 6.29 Å². The summed E-state index contributed by atoms with van der Waals surface area (Å²) in [5.41, 5.74) is 2.95. The van der Waals surface area contributed by atoms with E-state index in [1.807, 2.05) is 0 Å². The van der Waals surface area contributed by atoms with Gasteiger partial charge in [0, 0.05) is 12.0 Å². The minimum Gasteiger partial charge on any atom is -0.285 e. The van der Waals surface area contributed by atoms with E-state index in [1.165, 1.54) is 0 Å². The standard InChI is InChI=1S/C7H7O/c1-3-4-5-7(2)6-8/h4H,1-2,5H2. The first-order valence-corrected chi connectivity index (χ1v) is 2.21. The van der Waals surface area contributed by atoms with Crippen LogP contribution in [0.25, 0.3) is 0 Å². The summed E-state index contributed by atoms with van der Waals surface area (Å²) in [6, 6.07) is 0. The monoisotopic (exact) mass is 107 g/mol. The van der Waals surface area contributed by atoms with Crippen LogP contribution in [0.4, 0.5) is 0 Å². The third-order valence-electron chi connectivity index (χ3n) is 0.637. The van der Waals surface area contributed by atoms with Crippen molar-refractivity contribution in [3.63, 3.8) is 0 Å². The van der Waals surface area contributed by atoms with E-state index in [0.29, 0.717) is 12.0 Å². The van der Waals surface area contributed by atoms with Crippen LogP contribution in [0.2, 0.25) is 0 Å². The Morgan fingerprint density at radius 2 is 2.38 bits per heavy atom. The van der Waals surface area contributed by atoms with E-state index in [4.69, 9.17) is 0 Å². The molecule has 0 rings (SSSR count). The molecule has 0 heterocycles. The van der Waals surface area contributed by atoms with E-state index in [0.717, 1.165) is 0 Å². The lowest BCUT2D eigenvalue weighted by atomic mass is 10.2. The van der Waals surface area contributed by atoms with Crippen LogP contribution in [-0.2, 0) is 4.79 Å². The Morgan fingerprint density at radius 1 is 1.75 bits per heavy atom. The van der Waals surface area contributed by atoms with Gasteiger partial charge < -0.3 is 0 Å². The maximum absolute atomic E-state index is 9.72. The first-order chi connectivity index (χ1) is 3.81. The summed E-state index contributed by atoms with van der Waals surface area (Å²) in [5, 5.41) is 0. The normalized spacial score (nSPS) is 7.00. The fraction of sp³-hybridized carbons (Fsp3) is 0.143. The second-order valence-electron chi connectivity index (χ2n) is 1.32. The van der Waals surface area contributed by atoms with Crippen LogP contribution in [0.5, 0.6) is 0 Å². The van der Waals surface area contributed by atoms with Crippen molar-refractivity contribution < 1.29 is 4.79 Å². The SMILES string of the molecule is C=C=CCC(=C)[C]=O. The lowest BCUT2D eigenvalue weighted by molar-refractivity contribution is 0.561. The van der Waals surface area contributed by atoms with Gasteiger partial charge in [-0.25, -0.2) is 0 Å². The van der Waals surface area contributed by atoms with E-state index in [2.05, 4.69) is 18.9 Å². The van der Waals surface area contributed by atoms with Gasteiger partial charge >= 0.3 is 0 Å². The third-order valence-corrected chi connectivity index (χ3v) is 0.637. The molecule has 0 spiro atoms. The summed E-state index contributed by atoms with van der Waals surface area (Å²) in [4.78, 5) is 9.72. The third kappa shape index (κ3) is 3.13. The van der Waals surface area contributed by atoms with Crippen LogP contribution >= 0.6 is 0 Å². The molecule has 41 valence electrons. The van der Waals surface area contributed by atoms with Gasteiger partial charge in [0.05, 0.1) is 0 Å². The van der Waals surface area contributed by atoms with Crippen LogP contribution < -0.4 is 0 Å². The predicted octanol–water partition coefficient (Wildman–Crippen LogP) is 1.38. The van der Waals surface area contributed by atoms with Gasteiger partial charge in [0.15, 0.2) is 0 Å². The van der Waals surface area contributed by atoms with Crippen LogP contribution in [0, 0.1) is 0 Å². The second-order valence-corrected chi connectivity index (χ2v) is 1.32. The summed E-state index contributed by atoms with van der Waals surface area (Å²) in [6.07, 6.45) is 3.80. The molecule has 0 saturated heterocycles. The molecular formula is C7H7O. The Morgan fingerprint density at radius 3 is 2.75 bits per heavy atom. The van der Waals surface area contributed by atoms with Gasteiger partial charge in [0.25, 0.3) is 0 Å². The van der Waals surface area contributed by atoms with E-state index in [9.17, 15) is 4.79 Å². The van der Waals surface area contributed by atoms with Gasteiger partial charge in [-0.05, 0) is 6.08 Å². The highest BCUT2D eigenvalue weighted by atomic mass is 16.1. The van der Waals surface area contributed by atoms with Gasteiger partial charge in [-0.1, -0.05) is 13.2 Å². The Labute approximate surface area is 49.0 Å². The quantitative estimate of drug-likeness (QED) is 0.393. The number of allylic oxidation sites excluding steroid dienone is 2. The van der Waals surface area contributed by atoms with Gasteiger partial charge in [-0.3, -0.25) is 4.79 Å². The Hall–Kier alpha value is -1.07. The zero-order chi connectivity index (χ0) is 6.41. The zero-order valence-corrected chi connectivity index (χ0v) is 4.61. The highest BCUT2D eigenvalue weighted by Gasteiger charge is 1.83. The summed E-state index contributed by atoms with van der Waals surface area (Å²) in [7, 11) is 0. The first kappa shape index (κ1) is 6.93. The molecule has 0 aromatic rings. The molecule has 0 aliphatic heterocycles. The molecular weight excluding hydrogens is 100 g/mol. The highest BCUT2D eigenvalue weighted by molar-refractivity contribution is 5.73. The number of hydrogen-bond donors (Lipinski definition) is 0. The summed E-state index contributed by atoms with van der Waals surface area (Å²) >= 11 is 0. The summed E-state index contributed by atoms with van der Waals surface area (Å²) in [5.74, 6) is 0. The van der Waals surface area contributed by atoms with E-state index in [-0.39, 0.29) is 0 Å². The smallest absolute Gasteiger partial charge is 0.228 e. The van der Waals surface area contributed by atoms with Crippen molar-refractivity contribution in [1.29, 1.82) is 0 Å². The van der Waals surface area contributed by atoms with Crippen molar-refractivity contribution in [1.82, 2.24) is 0 Å². The molecule has 0 aliphatic rings. The number of rotatable bonds is 3. The molecule has 1 radical (unpaired) electrons. The number of hydrogen-bond acceptors (Lipinski definition) is 1. The Kier molecular flexibility index (Phi) is 3.55. The topological polar surface area (TPSA) is 17.1 Å². The van der Waals surface area contributed by atoms with Gasteiger partial charge in [0.1, 0.15) is 0 Å². The predicted molar refractivity (Wildman–Crippen MR) is 33.2 cm³/mol. The fourth-order valence-electron chi connectivity index (χ4n) is 0.237. The largest absolute Gasteiger partial charge is 0.285 e. The van der Waals surface area contributed by atoms with E-state index in [1.54, 1.807) is 12.4 Å². The average Bonchev–Trinajstić information content (AvgIpc) is 1.83. The van der Waals surface area contributed by atoms with Crippen LogP contribution in [0.3, 0.4) is 0 Å². The van der Waals surface area contributed by atoms with E-state index < -0.39 is 0 Å². The molecule has 1 heteroatoms. The second kappa shape index (κ2) is 4.10. The molecule has 0 bridgehead atoms. The molecule has 0 fully saturated rings. The molecule has 0 aliphatic carbocycles. The van der Waals surface area contributed by atoms with Crippen molar-refractivity contribution in [3.05, 3.63) is 30.5 Å². The molecule has 0 aromatic heterocycles.